The molecule has 1 aromatic carbocycles. The molecule has 1 amide bonds. The summed E-state index contributed by atoms with van der Waals surface area (Å²) in [4.78, 5) is 24.5. The van der Waals surface area contributed by atoms with E-state index in [0.29, 0.717) is 18.1 Å². The minimum Gasteiger partial charge on any atom is -0.348 e. The lowest BCUT2D eigenvalue weighted by atomic mass is 10.2. The fourth-order valence-corrected chi connectivity index (χ4v) is 2.39. The van der Waals surface area contributed by atoms with Gasteiger partial charge in [-0.2, -0.15) is 0 Å². The van der Waals surface area contributed by atoms with E-state index in [1.807, 2.05) is 37.3 Å². The zero-order valence-corrected chi connectivity index (χ0v) is 15.1. The Balaban J connectivity index is 1.61. The van der Waals surface area contributed by atoms with E-state index in [4.69, 9.17) is 0 Å². The van der Waals surface area contributed by atoms with Crippen molar-refractivity contribution in [1.82, 2.24) is 20.3 Å². The summed E-state index contributed by atoms with van der Waals surface area (Å²) in [6, 6.07) is 9.57. The largest absolute Gasteiger partial charge is 0.348 e. The van der Waals surface area contributed by atoms with Gasteiger partial charge in [0.05, 0.1) is 5.56 Å². The molecule has 0 aliphatic carbocycles. The van der Waals surface area contributed by atoms with Gasteiger partial charge in [0.25, 0.3) is 5.91 Å². The first-order valence-electron chi connectivity index (χ1n) is 7.64. The van der Waals surface area contributed by atoms with Gasteiger partial charge in [-0.1, -0.05) is 15.9 Å². The number of nitrogens with one attached hydrogen (secondary N) is 2. The first kappa shape index (κ1) is 17.0. The maximum Gasteiger partial charge on any atom is 0.254 e. The molecule has 0 aliphatic rings. The molecule has 0 unspecified atom stereocenters. The van der Waals surface area contributed by atoms with Crippen molar-refractivity contribution in [3.63, 3.8) is 0 Å². The third-order valence-electron chi connectivity index (χ3n) is 3.53. The molecule has 0 fully saturated rings. The summed E-state index contributed by atoms with van der Waals surface area (Å²) in [6.45, 7) is 2.44. The van der Waals surface area contributed by atoms with E-state index in [1.54, 1.807) is 12.4 Å². The number of aromatic nitrogens is 3. The van der Waals surface area contributed by atoms with Crippen molar-refractivity contribution in [3.8, 4) is 0 Å². The zero-order chi connectivity index (χ0) is 17.6. The van der Waals surface area contributed by atoms with Crippen molar-refractivity contribution in [1.29, 1.82) is 0 Å². The van der Waals surface area contributed by atoms with Crippen LogP contribution in [0.1, 0.15) is 21.5 Å². The highest BCUT2D eigenvalue weighted by molar-refractivity contribution is 9.10. The fourth-order valence-electron chi connectivity index (χ4n) is 2.15. The Labute approximate surface area is 153 Å². The molecule has 3 rings (SSSR count). The highest BCUT2D eigenvalue weighted by atomic mass is 79.9. The predicted molar refractivity (Wildman–Crippen MR) is 99.6 cm³/mol. The smallest absolute Gasteiger partial charge is 0.254 e. The van der Waals surface area contributed by atoms with Crippen LogP contribution >= 0.6 is 15.9 Å². The van der Waals surface area contributed by atoms with E-state index in [9.17, 15) is 4.79 Å². The predicted octanol–water partition coefficient (Wildman–Crippen LogP) is 3.62. The fraction of sp³-hybridized carbons (Fsp3) is 0.111. The summed E-state index contributed by atoms with van der Waals surface area (Å²) < 4.78 is 1.04. The second-order valence-corrected chi connectivity index (χ2v) is 6.28. The summed E-state index contributed by atoms with van der Waals surface area (Å²) in [5, 5.41) is 5.94. The minimum absolute atomic E-state index is 0.220. The molecule has 0 atom stereocenters. The molecular weight excluding hydrogens is 382 g/mol. The normalized spacial score (nSPS) is 10.3. The van der Waals surface area contributed by atoms with E-state index >= 15 is 0 Å². The Bertz CT molecular complexity index is 868. The lowest BCUT2D eigenvalue weighted by Crippen LogP contribution is -2.23. The number of carbonyl (C=O) groups is 1. The first-order valence-corrected chi connectivity index (χ1v) is 8.43. The average molecular weight is 398 g/mol. The van der Waals surface area contributed by atoms with Gasteiger partial charge in [-0.05, 0) is 48.4 Å². The van der Waals surface area contributed by atoms with Crippen LogP contribution in [0.3, 0.4) is 0 Å². The van der Waals surface area contributed by atoms with Crippen LogP contribution in [0.5, 0.6) is 0 Å². The van der Waals surface area contributed by atoms with Crippen molar-refractivity contribution >= 4 is 33.5 Å². The van der Waals surface area contributed by atoms with E-state index in [0.717, 1.165) is 21.3 Å². The number of anilines is 2. The Morgan fingerprint density at radius 2 is 1.84 bits per heavy atom. The lowest BCUT2D eigenvalue weighted by Gasteiger charge is -2.08. The Hall–Kier alpha value is -2.80. The van der Waals surface area contributed by atoms with Crippen LogP contribution in [0.25, 0.3) is 0 Å². The van der Waals surface area contributed by atoms with Gasteiger partial charge < -0.3 is 10.6 Å². The molecule has 3 aromatic rings. The number of hydrogen-bond donors (Lipinski definition) is 2. The Morgan fingerprint density at radius 1 is 1.12 bits per heavy atom. The lowest BCUT2D eigenvalue weighted by molar-refractivity contribution is 0.0950. The van der Waals surface area contributed by atoms with E-state index in [2.05, 4.69) is 41.5 Å². The van der Waals surface area contributed by atoms with Gasteiger partial charge in [0.15, 0.2) is 0 Å². The number of nitrogens with zero attached hydrogens (tertiary/aromatic N) is 3. The van der Waals surface area contributed by atoms with Crippen molar-refractivity contribution in [2.45, 2.75) is 13.5 Å². The highest BCUT2D eigenvalue weighted by Gasteiger charge is 2.07. The van der Waals surface area contributed by atoms with Gasteiger partial charge in [-0.3, -0.25) is 9.78 Å². The summed E-state index contributed by atoms with van der Waals surface area (Å²) >= 11 is 3.46. The molecule has 0 spiro atoms. The molecule has 0 saturated carbocycles. The molecule has 6 nitrogen and oxygen atoms in total. The number of hydrogen-bond acceptors (Lipinski definition) is 5. The van der Waals surface area contributed by atoms with Gasteiger partial charge in [-0.25, -0.2) is 9.97 Å². The number of rotatable bonds is 5. The highest BCUT2D eigenvalue weighted by Crippen LogP contribution is 2.21. The number of halogens is 1. The third kappa shape index (κ3) is 4.60. The minimum atomic E-state index is -0.220. The van der Waals surface area contributed by atoms with E-state index < -0.39 is 0 Å². The van der Waals surface area contributed by atoms with E-state index in [1.165, 1.54) is 12.4 Å². The van der Waals surface area contributed by atoms with Crippen molar-refractivity contribution in [2.24, 2.45) is 0 Å². The van der Waals surface area contributed by atoms with Crippen LogP contribution in [-0.2, 0) is 6.54 Å². The molecule has 0 radical (unpaired) electrons. The van der Waals surface area contributed by atoms with Crippen LogP contribution in [0.4, 0.5) is 11.6 Å². The third-order valence-corrected chi connectivity index (χ3v) is 4.42. The molecule has 7 heteroatoms. The van der Waals surface area contributed by atoms with Gasteiger partial charge >= 0.3 is 0 Å². The van der Waals surface area contributed by atoms with Gasteiger partial charge in [-0.15, -0.1) is 0 Å². The van der Waals surface area contributed by atoms with Crippen molar-refractivity contribution < 1.29 is 4.79 Å². The van der Waals surface area contributed by atoms with Crippen LogP contribution in [0.2, 0.25) is 0 Å². The molecule has 0 bridgehead atoms. The quantitative estimate of drug-likeness (QED) is 0.687. The monoisotopic (exact) mass is 397 g/mol. The Kier molecular flexibility index (Phi) is 5.35. The summed E-state index contributed by atoms with van der Waals surface area (Å²) in [6.07, 6.45) is 6.38. The molecule has 2 N–H and O–H groups in total. The van der Waals surface area contributed by atoms with Gasteiger partial charge in [0, 0.05) is 41.5 Å². The zero-order valence-electron chi connectivity index (χ0n) is 13.5. The standard InChI is InChI=1S/C18H16BrN5O/c1-12-8-15(2-3-16(12)19)24-18-22-10-14(11-23-18)17(25)21-9-13-4-6-20-7-5-13/h2-8,10-11H,9H2,1H3,(H,21,25)(H,22,23,24). The Morgan fingerprint density at radius 3 is 2.52 bits per heavy atom. The topological polar surface area (TPSA) is 79.8 Å². The molecule has 0 saturated heterocycles. The van der Waals surface area contributed by atoms with Crippen molar-refractivity contribution in [3.05, 3.63) is 76.3 Å². The molecule has 0 aliphatic heterocycles. The molecule has 2 aromatic heterocycles. The van der Waals surface area contributed by atoms with Crippen LogP contribution in [0.15, 0.2) is 59.6 Å². The van der Waals surface area contributed by atoms with Crippen LogP contribution < -0.4 is 10.6 Å². The molecule has 2 heterocycles. The number of carbonyl (C=O) groups excluding carboxylic acids is 1. The summed E-state index contributed by atoms with van der Waals surface area (Å²) in [5.41, 5.74) is 3.38. The van der Waals surface area contributed by atoms with Gasteiger partial charge in [0.1, 0.15) is 0 Å². The molecule has 25 heavy (non-hydrogen) atoms. The maximum absolute atomic E-state index is 12.1. The maximum atomic E-state index is 12.1. The second kappa shape index (κ2) is 7.85. The molecular formula is C18H16BrN5O. The average Bonchev–Trinajstić information content (AvgIpc) is 2.64. The SMILES string of the molecule is Cc1cc(Nc2ncc(C(=O)NCc3ccncc3)cn2)ccc1Br. The number of amides is 1. The summed E-state index contributed by atoms with van der Waals surface area (Å²) in [7, 11) is 0. The number of benzene rings is 1. The number of aryl methyl sites for hydroxylation is 1. The van der Waals surface area contributed by atoms with Crippen LogP contribution in [-0.4, -0.2) is 20.9 Å². The van der Waals surface area contributed by atoms with Crippen LogP contribution in [0, 0.1) is 6.92 Å². The summed E-state index contributed by atoms with van der Waals surface area (Å²) in [5.74, 6) is 0.218. The second-order valence-electron chi connectivity index (χ2n) is 5.42. The number of pyridine rings is 1. The van der Waals surface area contributed by atoms with Gasteiger partial charge in [0.2, 0.25) is 5.95 Å². The molecule has 126 valence electrons. The first-order chi connectivity index (χ1) is 12.1. The van der Waals surface area contributed by atoms with E-state index in [-0.39, 0.29) is 5.91 Å². The van der Waals surface area contributed by atoms with Crippen molar-refractivity contribution in [2.75, 3.05) is 5.32 Å².